The van der Waals surface area contributed by atoms with E-state index in [1.54, 1.807) is 25.6 Å². The molecule has 5 heteroatoms. The summed E-state index contributed by atoms with van der Waals surface area (Å²) in [5.41, 5.74) is 6.78. The molecule has 4 aromatic carbocycles. The molecule has 0 saturated heterocycles. The lowest BCUT2D eigenvalue weighted by molar-refractivity contribution is 0.218. The van der Waals surface area contributed by atoms with Crippen molar-refractivity contribution in [2.45, 2.75) is 26.1 Å². The number of ether oxygens (including phenoxy) is 2. The van der Waals surface area contributed by atoms with Crippen LogP contribution in [-0.4, -0.2) is 19.1 Å². The Hall–Kier alpha value is -4.08. The average Bonchev–Trinajstić information content (AvgIpc) is 3.56. The molecule has 1 atom stereocenters. The van der Waals surface area contributed by atoms with Crippen LogP contribution >= 0.6 is 27.3 Å². The molecule has 0 saturated carbocycles. The van der Waals surface area contributed by atoms with Gasteiger partial charge in [0, 0.05) is 28.0 Å². The maximum absolute atomic E-state index is 5.66. The van der Waals surface area contributed by atoms with Gasteiger partial charge in [0.25, 0.3) is 0 Å². The maximum Gasteiger partial charge on any atom is 0.161 e. The summed E-state index contributed by atoms with van der Waals surface area (Å²) >= 11 is 5.52. The van der Waals surface area contributed by atoms with Crippen molar-refractivity contribution in [1.82, 2.24) is 4.90 Å². The molecule has 1 heterocycles. The van der Waals surface area contributed by atoms with Gasteiger partial charge in [-0.05, 0) is 64.9 Å². The number of nitrogens with zero attached hydrogens (tertiary/aromatic N) is 1. The Morgan fingerprint density at radius 2 is 1.53 bits per heavy atom. The monoisotopic (exact) mass is 647 g/mol. The summed E-state index contributed by atoms with van der Waals surface area (Å²) in [6, 6.07) is 35.6. The molecular formula is C38H34BrNO2S. The molecule has 0 spiro atoms. The summed E-state index contributed by atoms with van der Waals surface area (Å²) in [5.74, 6) is 8.65. The van der Waals surface area contributed by atoms with Crippen LogP contribution in [0.1, 0.15) is 44.3 Å². The minimum Gasteiger partial charge on any atom is -0.493 e. The Labute approximate surface area is 267 Å². The van der Waals surface area contributed by atoms with E-state index in [2.05, 4.69) is 148 Å². The van der Waals surface area contributed by atoms with Crippen LogP contribution in [0.3, 0.4) is 0 Å². The van der Waals surface area contributed by atoms with Crippen molar-refractivity contribution in [2.75, 3.05) is 14.2 Å². The third-order valence-electron chi connectivity index (χ3n) is 7.19. The predicted molar refractivity (Wildman–Crippen MR) is 183 cm³/mol. The molecule has 1 unspecified atom stereocenters. The van der Waals surface area contributed by atoms with Gasteiger partial charge in [-0.3, -0.25) is 4.90 Å². The normalized spacial score (nSPS) is 11.7. The molecule has 0 aliphatic heterocycles. The SMILES string of the molecule is COc1cc(Br)c(CN(Cc2ccccc2)C(C#Cc2ccccc2/C=C/c2cccs2)c2ccc(C)cc2)cc1OC. The molecule has 0 aliphatic rings. The minimum atomic E-state index is -0.171. The Kier molecular flexibility index (Phi) is 10.5. The second kappa shape index (κ2) is 14.9. The molecule has 3 nitrogen and oxygen atoms in total. The number of rotatable bonds is 10. The van der Waals surface area contributed by atoms with Crippen LogP contribution in [0.15, 0.2) is 113 Å². The van der Waals surface area contributed by atoms with E-state index in [4.69, 9.17) is 9.47 Å². The molecule has 0 fully saturated rings. The highest BCUT2D eigenvalue weighted by atomic mass is 79.9. The highest BCUT2D eigenvalue weighted by molar-refractivity contribution is 9.10. The van der Waals surface area contributed by atoms with Crippen molar-refractivity contribution < 1.29 is 9.47 Å². The van der Waals surface area contributed by atoms with Crippen molar-refractivity contribution in [2.24, 2.45) is 0 Å². The zero-order valence-electron chi connectivity index (χ0n) is 24.6. The summed E-state index contributed by atoms with van der Waals surface area (Å²) in [6.45, 7) is 3.47. The maximum atomic E-state index is 5.66. The van der Waals surface area contributed by atoms with Crippen LogP contribution in [0.4, 0.5) is 0 Å². The van der Waals surface area contributed by atoms with E-state index in [9.17, 15) is 0 Å². The number of benzene rings is 4. The van der Waals surface area contributed by atoms with Crippen molar-refractivity contribution >= 4 is 39.4 Å². The van der Waals surface area contributed by atoms with E-state index in [1.807, 2.05) is 12.1 Å². The minimum absolute atomic E-state index is 0.171. The number of methoxy groups -OCH3 is 2. The molecule has 0 amide bonds. The van der Waals surface area contributed by atoms with Gasteiger partial charge in [0.1, 0.15) is 0 Å². The van der Waals surface area contributed by atoms with Gasteiger partial charge in [-0.25, -0.2) is 0 Å². The number of thiophene rings is 1. The fourth-order valence-electron chi connectivity index (χ4n) is 4.89. The van der Waals surface area contributed by atoms with Crippen molar-refractivity contribution in [1.29, 1.82) is 0 Å². The van der Waals surface area contributed by atoms with Crippen LogP contribution in [0.25, 0.3) is 12.2 Å². The van der Waals surface area contributed by atoms with Gasteiger partial charge >= 0.3 is 0 Å². The Morgan fingerprint density at radius 1 is 0.814 bits per heavy atom. The second-order valence-electron chi connectivity index (χ2n) is 10.2. The number of hydrogen-bond donors (Lipinski definition) is 0. The molecule has 1 aromatic heterocycles. The van der Waals surface area contributed by atoms with Gasteiger partial charge in [-0.15, -0.1) is 11.3 Å². The van der Waals surface area contributed by atoms with Crippen LogP contribution in [-0.2, 0) is 13.1 Å². The fourth-order valence-corrected chi connectivity index (χ4v) is 5.95. The molecule has 0 aliphatic carbocycles. The van der Waals surface area contributed by atoms with Gasteiger partial charge in [0.15, 0.2) is 11.5 Å². The molecule has 5 rings (SSSR count). The second-order valence-corrected chi connectivity index (χ2v) is 12.0. The number of aryl methyl sites for hydroxylation is 1. The predicted octanol–water partition coefficient (Wildman–Crippen LogP) is 9.80. The average molecular weight is 649 g/mol. The van der Waals surface area contributed by atoms with Crippen LogP contribution in [0.2, 0.25) is 0 Å². The first-order valence-electron chi connectivity index (χ1n) is 14.1. The third-order valence-corrected chi connectivity index (χ3v) is 8.76. The van der Waals surface area contributed by atoms with Gasteiger partial charge < -0.3 is 9.47 Å². The smallest absolute Gasteiger partial charge is 0.161 e. The van der Waals surface area contributed by atoms with Crippen molar-refractivity contribution in [3.63, 3.8) is 0 Å². The standard InChI is InChI=1S/C38H34BrNO2S/c1-28-15-17-32(18-16-28)36(22-20-31-13-8-7-12-30(31)19-21-34-14-9-23-43-34)40(26-29-10-5-4-6-11-29)27-33-24-37(41-2)38(42-3)25-35(33)39/h4-19,21,23-25,36H,26-27H2,1-3H3/b21-19+. The van der Waals surface area contributed by atoms with Gasteiger partial charge in [0.05, 0.1) is 20.3 Å². The zero-order valence-corrected chi connectivity index (χ0v) is 27.0. The van der Waals surface area contributed by atoms with Gasteiger partial charge in [0.2, 0.25) is 0 Å². The van der Waals surface area contributed by atoms with E-state index in [0.717, 1.165) is 33.3 Å². The topological polar surface area (TPSA) is 21.7 Å². The quantitative estimate of drug-likeness (QED) is 0.141. The lowest BCUT2D eigenvalue weighted by Gasteiger charge is -2.30. The number of hydrogen-bond acceptors (Lipinski definition) is 4. The van der Waals surface area contributed by atoms with E-state index in [1.165, 1.54) is 16.0 Å². The first-order valence-corrected chi connectivity index (χ1v) is 15.8. The Morgan fingerprint density at radius 3 is 2.26 bits per heavy atom. The van der Waals surface area contributed by atoms with E-state index in [-0.39, 0.29) is 6.04 Å². The first kappa shape index (κ1) is 30.4. The van der Waals surface area contributed by atoms with E-state index < -0.39 is 0 Å². The first-order chi connectivity index (χ1) is 21.0. The van der Waals surface area contributed by atoms with E-state index in [0.29, 0.717) is 18.0 Å². The molecule has 0 N–H and O–H groups in total. The lowest BCUT2D eigenvalue weighted by Crippen LogP contribution is -2.27. The highest BCUT2D eigenvalue weighted by Gasteiger charge is 2.22. The molecule has 0 bridgehead atoms. The molecule has 5 aromatic rings. The fraction of sp³-hybridized carbons (Fsp3) is 0.158. The van der Waals surface area contributed by atoms with E-state index >= 15 is 0 Å². The molecule has 43 heavy (non-hydrogen) atoms. The van der Waals surface area contributed by atoms with Crippen LogP contribution in [0.5, 0.6) is 11.5 Å². The van der Waals surface area contributed by atoms with Crippen LogP contribution in [0, 0.1) is 18.8 Å². The van der Waals surface area contributed by atoms with Crippen molar-refractivity contribution in [3.8, 4) is 23.3 Å². The summed E-state index contributed by atoms with van der Waals surface area (Å²) < 4.78 is 12.2. The molecular weight excluding hydrogens is 614 g/mol. The summed E-state index contributed by atoms with van der Waals surface area (Å²) in [5, 5.41) is 2.09. The molecule has 0 radical (unpaired) electrons. The van der Waals surface area contributed by atoms with Crippen molar-refractivity contribution in [3.05, 3.63) is 151 Å². The Bertz CT molecular complexity index is 1720. The van der Waals surface area contributed by atoms with Gasteiger partial charge in [-0.2, -0.15) is 0 Å². The highest BCUT2D eigenvalue weighted by Crippen LogP contribution is 2.35. The van der Waals surface area contributed by atoms with Crippen LogP contribution < -0.4 is 9.47 Å². The third kappa shape index (κ3) is 8.06. The largest absolute Gasteiger partial charge is 0.493 e. The lowest BCUT2D eigenvalue weighted by atomic mass is 10.0. The molecule has 216 valence electrons. The number of halogens is 1. The summed E-state index contributed by atoms with van der Waals surface area (Å²) in [6.07, 6.45) is 4.30. The summed E-state index contributed by atoms with van der Waals surface area (Å²) in [7, 11) is 3.32. The van der Waals surface area contributed by atoms with Gasteiger partial charge in [-0.1, -0.05) is 118 Å². The summed E-state index contributed by atoms with van der Waals surface area (Å²) in [4.78, 5) is 3.64. The zero-order chi connectivity index (χ0) is 30.0. The Balaban J connectivity index is 1.58.